The van der Waals surface area contributed by atoms with Crippen molar-refractivity contribution in [3.05, 3.63) is 65.2 Å². The van der Waals surface area contributed by atoms with Gasteiger partial charge in [0, 0.05) is 19.2 Å². The van der Waals surface area contributed by atoms with Crippen LogP contribution < -0.4 is 5.32 Å². The fourth-order valence-corrected chi connectivity index (χ4v) is 3.39. The summed E-state index contributed by atoms with van der Waals surface area (Å²) in [6.45, 7) is 0. The molecule has 2 unspecified atom stereocenters. The van der Waals surface area contributed by atoms with Gasteiger partial charge in [-0.25, -0.2) is 8.78 Å². The number of carboxylic acid groups (broad SMARTS) is 1. The summed E-state index contributed by atoms with van der Waals surface area (Å²) in [4.78, 5) is 37.1. The summed E-state index contributed by atoms with van der Waals surface area (Å²) >= 11 is 0. The number of likely N-dealkylation sites (tertiary alicyclic amines) is 1. The van der Waals surface area contributed by atoms with E-state index in [1.165, 1.54) is 41.3 Å². The van der Waals surface area contributed by atoms with E-state index in [4.69, 9.17) is 5.11 Å². The fraction of sp³-hybridized carbons (Fsp3) is 0.250. The molecule has 6 nitrogen and oxygen atoms in total. The average molecular weight is 388 g/mol. The fourth-order valence-electron chi connectivity index (χ4n) is 3.39. The third-order valence-electron chi connectivity index (χ3n) is 4.80. The molecule has 8 heteroatoms. The van der Waals surface area contributed by atoms with E-state index in [2.05, 4.69) is 5.32 Å². The summed E-state index contributed by atoms with van der Waals surface area (Å²) in [5.41, 5.74) is 0.792. The van der Waals surface area contributed by atoms with E-state index in [0.717, 1.165) is 6.07 Å². The van der Waals surface area contributed by atoms with Crippen LogP contribution >= 0.6 is 0 Å². The van der Waals surface area contributed by atoms with Crippen molar-refractivity contribution in [2.75, 3.05) is 12.4 Å². The van der Waals surface area contributed by atoms with Crippen molar-refractivity contribution >= 4 is 23.5 Å². The summed E-state index contributed by atoms with van der Waals surface area (Å²) in [5.74, 6) is -3.76. The van der Waals surface area contributed by atoms with Crippen molar-refractivity contribution in [1.29, 1.82) is 0 Å². The molecular weight excluding hydrogens is 370 g/mol. The molecule has 2 N–H and O–H groups in total. The minimum absolute atomic E-state index is 0.00506. The SMILES string of the molecule is CN1C(=O)CC(C(=O)Nc2ccc(CC(=O)O)c(F)c2)C1c1ccc(F)cc1. The van der Waals surface area contributed by atoms with Crippen LogP contribution in [-0.2, 0) is 20.8 Å². The highest BCUT2D eigenvalue weighted by molar-refractivity contribution is 5.98. The van der Waals surface area contributed by atoms with Gasteiger partial charge in [0.2, 0.25) is 11.8 Å². The summed E-state index contributed by atoms with van der Waals surface area (Å²) in [5, 5.41) is 11.3. The molecule has 0 radical (unpaired) electrons. The molecule has 28 heavy (non-hydrogen) atoms. The predicted molar refractivity (Wildman–Crippen MR) is 96.4 cm³/mol. The smallest absolute Gasteiger partial charge is 0.307 e. The molecule has 1 saturated heterocycles. The van der Waals surface area contributed by atoms with Crippen LogP contribution in [0.3, 0.4) is 0 Å². The lowest BCUT2D eigenvalue weighted by Gasteiger charge is -2.25. The van der Waals surface area contributed by atoms with Gasteiger partial charge in [-0.1, -0.05) is 18.2 Å². The van der Waals surface area contributed by atoms with Crippen LogP contribution in [0, 0.1) is 17.6 Å². The second kappa shape index (κ2) is 7.75. The highest BCUT2D eigenvalue weighted by Gasteiger charge is 2.42. The van der Waals surface area contributed by atoms with E-state index in [1.807, 2.05) is 0 Å². The zero-order chi connectivity index (χ0) is 20.4. The highest BCUT2D eigenvalue weighted by Crippen LogP contribution is 2.37. The van der Waals surface area contributed by atoms with Crippen molar-refractivity contribution in [2.24, 2.45) is 5.92 Å². The van der Waals surface area contributed by atoms with E-state index >= 15 is 0 Å². The Bertz CT molecular complexity index is 930. The number of hydrogen-bond donors (Lipinski definition) is 2. The largest absolute Gasteiger partial charge is 0.481 e. The zero-order valence-electron chi connectivity index (χ0n) is 15.0. The Kier molecular flexibility index (Phi) is 5.39. The van der Waals surface area contributed by atoms with Gasteiger partial charge in [0.15, 0.2) is 0 Å². The number of nitrogens with zero attached hydrogens (tertiary/aromatic N) is 1. The molecule has 0 aliphatic carbocycles. The van der Waals surface area contributed by atoms with Gasteiger partial charge in [-0.05, 0) is 35.4 Å². The monoisotopic (exact) mass is 388 g/mol. The lowest BCUT2D eigenvalue weighted by molar-refractivity contribution is -0.136. The Hall–Kier alpha value is -3.29. The van der Waals surface area contributed by atoms with Crippen LogP contribution in [0.15, 0.2) is 42.5 Å². The van der Waals surface area contributed by atoms with E-state index in [0.29, 0.717) is 5.56 Å². The number of hydrogen-bond acceptors (Lipinski definition) is 3. The minimum atomic E-state index is -1.16. The van der Waals surface area contributed by atoms with Crippen molar-refractivity contribution in [3.8, 4) is 0 Å². The first kappa shape index (κ1) is 19.5. The minimum Gasteiger partial charge on any atom is -0.481 e. The second-order valence-corrected chi connectivity index (χ2v) is 6.68. The van der Waals surface area contributed by atoms with Crippen molar-refractivity contribution in [3.63, 3.8) is 0 Å². The highest BCUT2D eigenvalue weighted by atomic mass is 19.1. The Morgan fingerprint density at radius 1 is 1.18 bits per heavy atom. The normalized spacial score (nSPS) is 19.0. The number of anilines is 1. The molecule has 1 fully saturated rings. The van der Waals surface area contributed by atoms with Gasteiger partial charge < -0.3 is 15.3 Å². The quantitative estimate of drug-likeness (QED) is 0.825. The molecule has 2 aromatic rings. The first-order valence-electron chi connectivity index (χ1n) is 8.58. The molecule has 1 aliphatic heterocycles. The summed E-state index contributed by atoms with van der Waals surface area (Å²) < 4.78 is 27.2. The number of carbonyl (C=O) groups excluding carboxylic acids is 2. The van der Waals surface area contributed by atoms with Crippen molar-refractivity contribution in [1.82, 2.24) is 4.90 Å². The Labute approximate surface area is 159 Å². The number of carboxylic acids is 1. The van der Waals surface area contributed by atoms with Crippen LogP contribution in [0.2, 0.25) is 0 Å². The van der Waals surface area contributed by atoms with E-state index in [-0.39, 0.29) is 23.6 Å². The predicted octanol–water partition coefficient (Wildman–Crippen LogP) is 2.75. The first-order valence-corrected chi connectivity index (χ1v) is 8.58. The molecule has 3 rings (SSSR count). The van der Waals surface area contributed by atoms with Crippen LogP contribution in [-0.4, -0.2) is 34.8 Å². The molecular formula is C20H18F2N2O4. The Balaban J connectivity index is 1.80. The third-order valence-corrected chi connectivity index (χ3v) is 4.80. The third kappa shape index (κ3) is 4.00. The van der Waals surface area contributed by atoms with Gasteiger partial charge in [0.1, 0.15) is 11.6 Å². The maximum Gasteiger partial charge on any atom is 0.307 e. The topological polar surface area (TPSA) is 86.7 Å². The maximum absolute atomic E-state index is 14.0. The van der Waals surface area contributed by atoms with Crippen molar-refractivity contribution < 1.29 is 28.3 Å². The molecule has 146 valence electrons. The number of carbonyl (C=O) groups is 3. The number of halogens is 2. The molecule has 2 atom stereocenters. The molecule has 1 heterocycles. The average Bonchev–Trinajstić information content (AvgIpc) is 2.93. The Morgan fingerprint density at radius 3 is 2.46 bits per heavy atom. The van der Waals surface area contributed by atoms with E-state index in [1.54, 1.807) is 7.05 Å². The number of rotatable bonds is 5. The second-order valence-electron chi connectivity index (χ2n) is 6.68. The molecule has 0 bridgehead atoms. The lowest BCUT2D eigenvalue weighted by atomic mass is 9.92. The number of benzene rings is 2. The number of nitrogens with one attached hydrogen (secondary N) is 1. The molecule has 1 aliphatic rings. The molecule has 0 saturated carbocycles. The number of aliphatic carboxylic acids is 1. The van der Waals surface area contributed by atoms with Crippen molar-refractivity contribution in [2.45, 2.75) is 18.9 Å². The van der Waals surface area contributed by atoms with Gasteiger partial charge in [-0.2, -0.15) is 0 Å². The summed E-state index contributed by atoms with van der Waals surface area (Å²) in [7, 11) is 1.57. The van der Waals surface area contributed by atoms with Crippen LogP contribution in [0.4, 0.5) is 14.5 Å². The molecule has 0 aromatic heterocycles. The van der Waals surface area contributed by atoms with Crippen LogP contribution in [0.25, 0.3) is 0 Å². The van der Waals surface area contributed by atoms with E-state index in [9.17, 15) is 23.2 Å². The van der Waals surface area contributed by atoms with Crippen LogP contribution in [0.1, 0.15) is 23.6 Å². The lowest BCUT2D eigenvalue weighted by Crippen LogP contribution is -2.30. The molecule has 2 aromatic carbocycles. The van der Waals surface area contributed by atoms with Gasteiger partial charge in [0.25, 0.3) is 0 Å². The van der Waals surface area contributed by atoms with Gasteiger partial charge in [0.05, 0.1) is 18.4 Å². The standard InChI is InChI=1S/C20H18F2N2O4/c1-24-17(25)10-15(19(24)11-2-5-13(21)6-3-11)20(28)23-14-7-4-12(8-18(26)27)16(22)9-14/h2-7,9,15,19H,8,10H2,1H3,(H,23,28)(H,26,27). The molecule has 0 spiro atoms. The van der Waals surface area contributed by atoms with Crippen LogP contribution in [0.5, 0.6) is 0 Å². The number of amides is 2. The van der Waals surface area contributed by atoms with Gasteiger partial charge in [-0.3, -0.25) is 14.4 Å². The van der Waals surface area contributed by atoms with Gasteiger partial charge >= 0.3 is 5.97 Å². The van der Waals surface area contributed by atoms with E-state index < -0.39 is 41.9 Å². The Morgan fingerprint density at radius 2 is 1.86 bits per heavy atom. The molecule has 2 amide bonds. The zero-order valence-corrected chi connectivity index (χ0v) is 15.0. The summed E-state index contributed by atoms with van der Waals surface area (Å²) in [6.07, 6.45) is -0.488. The maximum atomic E-state index is 14.0. The van der Waals surface area contributed by atoms with Gasteiger partial charge in [-0.15, -0.1) is 0 Å². The first-order chi connectivity index (χ1) is 13.3. The summed E-state index contributed by atoms with van der Waals surface area (Å²) in [6, 6.07) is 8.75.